The van der Waals surface area contributed by atoms with Gasteiger partial charge in [-0.1, -0.05) is 18.2 Å². The molecule has 1 fully saturated rings. The van der Waals surface area contributed by atoms with E-state index in [0.717, 1.165) is 31.3 Å². The summed E-state index contributed by atoms with van der Waals surface area (Å²) in [7, 11) is 0. The third-order valence-corrected chi connectivity index (χ3v) is 4.06. The molecular weight excluding hydrogens is 312 g/mol. The van der Waals surface area contributed by atoms with E-state index >= 15 is 0 Å². The van der Waals surface area contributed by atoms with Crippen molar-refractivity contribution in [2.24, 2.45) is 0 Å². The van der Waals surface area contributed by atoms with Crippen molar-refractivity contribution in [3.63, 3.8) is 0 Å². The van der Waals surface area contributed by atoms with Gasteiger partial charge in [0, 0.05) is 30.9 Å². The molecule has 2 aromatic carbocycles. The lowest BCUT2D eigenvalue weighted by molar-refractivity contribution is -0.393. The van der Waals surface area contributed by atoms with Gasteiger partial charge in [0.1, 0.15) is 5.69 Å². The summed E-state index contributed by atoms with van der Waals surface area (Å²) in [5, 5.41) is 25.1. The number of anilines is 2. The standard InChI is InChI=1S/C16H16N4O4/c21-19(22)14-6-7-15(16(10-14)20(23)24)17-12-8-9-18(11-12)13-4-2-1-3-5-13/h1-7,10,12,17H,8-9,11H2. The van der Waals surface area contributed by atoms with Crippen LogP contribution < -0.4 is 10.2 Å². The Hall–Kier alpha value is -3.16. The largest absolute Gasteiger partial charge is 0.375 e. The minimum absolute atomic E-state index is 0.0466. The molecule has 0 saturated carbocycles. The highest BCUT2D eigenvalue weighted by atomic mass is 16.6. The maximum absolute atomic E-state index is 11.2. The molecule has 0 aliphatic carbocycles. The van der Waals surface area contributed by atoms with Crippen LogP contribution in [-0.2, 0) is 0 Å². The molecule has 1 N–H and O–H groups in total. The Labute approximate surface area is 138 Å². The number of nitrogens with zero attached hydrogens (tertiary/aromatic N) is 3. The average Bonchev–Trinajstić information content (AvgIpc) is 3.04. The van der Waals surface area contributed by atoms with Crippen LogP contribution in [-0.4, -0.2) is 29.0 Å². The third-order valence-electron chi connectivity index (χ3n) is 4.06. The van der Waals surface area contributed by atoms with Crippen molar-refractivity contribution in [2.75, 3.05) is 23.3 Å². The van der Waals surface area contributed by atoms with Crippen LogP contribution in [0.5, 0.6) is 0 Å². The van der Waals surface area contributed by atoms with E-state index in [1.807, 2.05) is 30.3 Å². The Balaban J connectivity index is 1.75. The third kappa shape index (κ3) is 3.27. The fourth-order valence-corrected chi connectivity index (χ4v) is 2.88. The molecule has 0 radical (unpaired) electrons. The minimum Gasteiger partial charge on any atom is -0.375 e. The van der Waals surface area contributed by atoms with Gasteiger partial charge in [0.15, 0.2) is 0 Å². The zero-order valence-electron chi connectivity index (χ0n) is 12.8. The molecule has 1 aliphatic heterocycles. The molecule has 8 heteroatoms. The van der Waals surface area contributed by atoms with Crippen LogP contribution in [0.4, 0.5) is 22.7 Å². The van der Waals surface area contributed by atoms with Crippen molar-refractivity contribution in [2.45, 2.75) is 12.5 Å². The van der Waals surface area contributed by atoms with E-state index < -0.39 is 9.85 Å². The molecule has 0 bridgehead atoms. The molecule has 0 aromatic heterocycles. The highest BCUT2D eigenvalue weighted by Gasteiger charge is 2.26. The number of rotatable bonds is 5. The first-order valence-electron chi connectivity index (χ1n) is 7.54. The summed E-state index contributed by atoms with van der Waals surface area (Å²) in [6.45, 7) is 1.57. The quantitative estimate of drug-likeness (QED) is 0.668. The summed E-state index contributed by atoms with van der Waals surface area (Å²) in [4.78, 5) is 22.9. The van der Waals surface area contributed by atoms with Gasteiger partial charge >= 0.3 is 0 Å². The summed E-state index contributed by atoms with van der Waals surface area (Å²) in [5.41, 5.74) is 0.859. The average molecular weight is 328 g/mol. The zero-order chi connectivity index (χ0) is 17.1. The van der Waals surface area contributed by atoms with Crippen LogP contribution in [0.2, 0.25) is 0 Å². The topological polar surface area (TPSA) is 102 Å². The van der Waals surface area contributed by atoms with Gasteiger partial charge in [0.25, 0.3) is 11.4 Å². The molecule has 24 heavy (non-hydrogen) atoms. The van der Waals surface area contributed by atoms with Crippen molar-refractivity contribution in [1.82, 2.24) is 0 Å². The Morgan fingerprint density at radius 3 is 2.46 bits per heavy atom. The van der Waals surface area contributed by atoms with Gasteiger partial charge in [0.05, 0.1) is 15.9 Å². The molecule has 1 heterocycles. The lowest BCUT2D eigenvalue weighted by atomic mass is 10.2. The van der Waals surface area contributed by atoms with Crippen LogP contribution in [0.1, 0.15) is 6.42 Å². The van der Waals surface area contributed by atoms with Gasteiger partial charge in [0.2, 0.25) is 0 Å². The van der Waals surface area contributed by atoms with E-state index in [2.05, 4.69) is 10.2 Å². The molecular formula is C16H16N4O4. The summed E-state index contributed by atoms with van der Waals surface area (Å²) in [6.07, 6.45) is 0.836. The Kier molecular flexibility index (Phi) is 4.28. The molecule has 3 rings (SSSR count). The van der Waals surface area contributed by atoms with E-state index in [0.29, 0.717) is 5.69 Å². The molecule has 1 unspecified atom stereocenters. The van der Waals surface area contributed by atoms with Crippen LogP contribution in [0.15, 0.2) is 48.5 Å². The Bertz CT molecular complexity index is 766. The summed E-state index contributed by atoms with van der Waals surface area (Å²) >= 11 is 0. The number of nitro benzene ring substituents is 2. The molecule has 1 atom stereocenters. The molecule has 0 amide bonds. The van der Waals surface area contributed by atoms with Gasteiger partial charge < -0.3 is 10.2 Å². The normalized spacial score (nSPS) is 16.8. The van der Waals surface area contributed by atoms with Crippen LogP contribution in [0.25, 0.3) is 0 Å². The predicted molar refractivity (Wildman–Crippen MR) is 90.4 cm³/mol. The number of hydrogen-bond acceptors (Lipinski definition) is 6. The number of nitrogens with one attached hydrogen (secondary N) is 1. The Morgan fingerprint density at radius 2 is 1.79 bits per heavy atom. The first-order chi connectivity index (χ1) is 11.5. The fourth-order valence-electron chi connectivity index (χ4n) is 2.88. The van der Waals surface area contributed by atoms with Crippen LogP contribution >= 0.6 is 0 Å². The monoisotopic (exact) mass is 328 g/mol. The fraction of sp³-hybridized carbons (Fsp3) is 0.250. The summed E-state index contributed by atoms with van der Waals surface area (Å²) < 4.78 is 0. The van der Waals surface area contributed by atoms with Crippen molar-refractivity contribution < 1.29 is 9.85 Å². The van der Waals surface area contributed by atoms with Gasteiger partial charge in [-0.2, -0.15) is 0 Å². The maximum Gasteiger partial charge on any atom is 0.299 e. The second-order valence-corrected chi connectivity index (χ2v) is 5.63. The van der Waals surface area contributed by atoms with E-state index in [1.165, 1.54) is 12.1 Å². The van der Waals surface area contributed by atoms with Crippen LogP contribution in [0, 0.1) is 20.2 Å². The van der Waals surface area contributed by atoms with E-state index in [4.69, 9.17) is 0 Å². The maximum atomic E-state index is 11.2. The van der Waals surface area contributed by atoms with E-state index in [-0.39, 0.29) is 17.4 Å². The van der Waals surface area contributed by atoms with Gasteiger partial charge in [-0.05, 0) is 24.6 Å². The van der Waals surface area contributed by atoms with Crippen molar-refractivity contribution in [3.8, 4) is 0 Å². The lowest BCUT2D eigenvalue weighted by Crippen LogP contribution is -2.26. The van der Waals surface area contributed by atoms with Crippen LogP contribution in [0.3, 0.4) is 0 Å². The molecule has 1 saturated heterocycles. The predicted octanol–water partition coefficient (Wildman–Crippen LogP) is 3.19. The number of hydrogen-bond donors (Lipinski definition) is 1. The van der Waals surface area contributed by atoms with Crippen molar-refractivity contribution >= 4 is 22.7 Å². The second-order valence-electron chi connectivity index (χ2n) is 5.63. The molecule has 1 aliphatic rings. The molecule has 2 aromatic rings. The number of benzene rings is 2. The summed E-state index contributed by atoms with van der Waals surface area (Å²) in [6, 6.07) is 13.7. The summed E-state index contributed by atoms with van der Waals surface area (Å²) in [5.74, 6) is 0. The van der Waals surface area contributed by atoms with Gasteiger partial charge in [-0.3, -0.25) is 20.2 Å². The SMILES string of the molecule is O=[N+]([O-])c1ccc(NC2CCN(c3ccccc3)C2)c([N+](=O)[O-])c1. The highest BCUT2D eigenvalue weighted by molar-refractivity contribution is 5.66. The molecule has 124 valence electrons. The first kappa shape index (κ1) is 15.7. The number of para-hydroxylation sites is 1. The van der Waals surface area contributed by atoms with Crippen molar-refractivity contribution in [1.29, 1.82) is 0 Å². The number of nitro groups is 2. The van der Waals surface area contributed by atoms with Gasteiger partial charge in [-0.25, -0.2) is 0 Å². The molecule has 8 nitrogen and oxygen atoms in total. The first-order valence-corrected chi connectivity index (χ1v) is 7.54. The highest BCUT2D eigenvalue weighted by Crippen LogP contribution is 2.31. The lowest BCUT2D eigenvalue weighted by Gasteiger charge is -2.19. The zero-order valence-corrected chi connectivity index (χ0v) is 12.8. The number of non-ortho nitro benzene ring substituents is 1. The van der Waals surface area contributed by atoms with Crippen molar-refractivity contribution in [3.05, 3.63) is 68.8 Å². The Morgan fingerprint density at radius 1 is 1.04 bits per heavy atom. The van der Waals surface area contributed by atoms with Gasteiger partial charge in [-0.15, -0.1) is 0 Å². The van der Waals surface area contributed by atoms with E-state index in [9.17, 15) is 20.2 Å². The van der Waals surface area contributed by atoms with E-state index in [1.54, 1.807) is 0 Å². The smallest absolute Gasteiger partial charge is 0.299 e. The molecule has 0 spiro atoms. The second kappa shape index (κ2) is 6.53. The minimum atomic E-state index is -0.635.